The number of nitrogens with one attached hydrogen (secondary N) is 1. The van der Waals surface area contributed by atoms with Gasteiger partial charge in [-0.2, -0.15) is 0 Å². The van der Waals surface area contributed by atoms with Crippen LogP contribution < -0.4 is 5.32 Å². The predicted octanol–water partition coefficient (Wildman–Crippen LogP) is 1.98. The molecule has 0 saturated heterocycles. The topological polar surface area (TPSA) is 32.3 Å². The van der Waals surface area contributed by atoms with Gasteiger partial charge in [-0.25, -0.2) is 0 Å². The molecule has 17 heavy (non-hydrogen) atoms. The lowest BCUT2D eigenvalue weighted by Gasteiger charge is -2.18. The van der Waals surface area contributed by atoms with Gasteiger partial charge in [0.25, 0.3) is 0 Å². The van der Waals surface area contributed by atoms with Gasteiger partial charge in [-0.3, -0.25) is 4.79 Å². The van der Waals surface area contributed by atoms with Crippen molar-refractivity contribution in [2.75, 3.05) is 20.6 Å². The van der Waals surface area contributed by atoms with Crippen LogP contribution in [0.15, 0.2) is 24.3 Å². The summed E-state index contributed by atoms with van der Waals surface area (Å²) in [5.41, 5.74) is 2.44. The molecule has 1 N–H and O–H groups in total. The molecule has 0 spiro atoms. The maximum absolute atomic E-state index is 11.7. The van der Waals surface area contributed by atoms with E-state index in [0.29, 0.717) is 13.0 Å². The molecular formula is C13H21ClN2O. The zero-order chi connectivity index (χ0) is 12.0. The summed E-state index contributed by atoms with van der Waals surface area (Å²) in [5.74, 6) is 0.178. The fourth-order valence-corrected chi connectivity index (χ4v) is 1.55. The number of benzene rings is 1. The average Bonchev–Trinajstić information content (AvgIpc) is 2.28. The summed E-state index contributed by atoms with van der Waals surface area (Å²) in [7, 11) is 3.71. The van der Waals surface area contributed by atoms with E-state index >= 15 is 0 Å². The van der Waals surface area contributed by atoms with Gasteiger partial charge in [0.2, 0.25) is 5.91 Å². The zero-order valence-corrected chi connectivity index (χ0v) is 11.5. The van der Waals surface area contributed by atoms with E-state index in [4.69, 9.17) is 0 Å². The van der Waals surface area contributed by atoms with Crippen molar-refractivity contribution < 1.29 is 4.79 Å². The lowest BCUT2D eigenvalue weighted by atomic mass is 10.1. The van der Waals surface area contributed by atoms with E-state index in [-0.39, 0.29) is 18.3 Å². The Morgan fingerprint density at radius 2 is 2.00 bits per heavy atom. The Kier molecular flexibility index (Phi) is 7.59. The molecule has 1 aromatic carbocycles. The summed E-state index contributed by atoms with van der Waals surface area (Å²) in [6.45, 7) is 3.49. The number of carbonyl (C=O) groups is 1. The van der Waals surface area contributed by atoms with E-state index in [1.807, 2.05) is 26.2 Å². The number of hydrogen-bond donors (Lipinski definition) is 1. The molecule has 1 rings (SSSR count). The molecule has 0 aliphatic rings. The molecule has 3 nitrogen and oxygen atoms in total. The Morgan fingerprint density at radius 3 is 2.59 bits per heavy atom. The molecular weight excluding hydrogens is 236 g/mol. The SMILES string of the molecule is CNCCC(=O)N(C)Cc1ccccc1C.Cl. The first-order valence-corrected chi connectivity index (χ1v) is 5.58. The van der Waals surface area contributed by atoms with Gasteiger partial charge in [0.15, 0.2) is 0 Å². The molecule has 0 bridgehead atoms. The van der Waals surface area contributed by atoms with E-state index in [9.17, 15) is 4.79 Å². The highest BCUT2D eigenvalue weighted by molar-refractivity contribution is 5.85. The first-order chi connectivity index (χ1) is 7.65. The monoisotopic (exact) mass is 256 g/mol. The minimum Gasteiger partial charge on any atom is -0.341 e. The third-order valence-corrected chi connectivity index (χ3v) is 2.68. The summed E-state index contributed by atoms with van der Waals surface area (Å²) in [6, 6.07) is 8.16. The highest BCUT2D eigenvalue weighted by atomic mass is 35.5. The van der Waals surface area contributed by atoms with Crippen molar-refractivity contribution in [3.63, 3.8) is 0 Å². The molecule has 0 radical (unpaired) electrons. The predicted molar refractivity (Wildman–Crippen MR) is 73.4 cm³/mol. The van der Waals surface area contributed by atoms with Crippen LogP contribution in [0.1, 0.15) is 17.5 Å². The quantitative estimate of drug-likeness (QED) is 0.874. The van der Waals surface area contributed by atoms with Crippen molar-refractivity contribution in [3.8, 4) is 0 Å². The van der Waals surface area contributed by atoms with Crippen LogP contribution in [-0.4, -0.2) is 31.4 Å². The Balaban J connectivity index is 0.00000256. The third kappa shape index (κ3) is 5.20. The first kappa shape index (κ1) is 15.9. The second-order valence-electron chi connectivity index (χ2n) is 4.03. The van der Waals surface area contributed by atoms with Crippen molar-refractivity contribution >= 4 is 18.3 Å². The van der Waals surface area contributed by atoms with Crippen molar-refractivity contribution in [2.24, 2.45) is 0 Å². The van der Waals surface area contributed by atoms with Gasteiger partial charge in [-0.05, 0) is 25.1 Å². The summed E-state index contributed by atoms with van der Waals surface area (Å²) in [4.78, 5) is 13.5. The van der Waals surface area contributed by atoms with Gasteiger partial charge in [-0.1, -0.05) is 24.3 Å². The van der Waals surface area contributed by atoms with Gasteiger partial charge in [0, 0.05) is 26.6 Å². The van der Waals surface area contributed by atoms with E-state index in [2.05, 4.69) is 24.4 Å². The normalized spacial score (nSPS) is 9.59. The maximum Gasteiger partial charge on any atom is 0.223 e. The fraction of sp³-hybridized carbons (Fsp3) is 0.462. The number of hydrogen-bond acceptors (Lipinski definition) is 2. The highest BCUT2D eigenvalue weighted by Gasteiger charge is 2.09. The molecule has 1 aromatic rings. The number of amides is 1. The van der Waals surface area contributed by atoms with E-state index < -0.39 is 0 Å². The largest absolute Gasteiger partial charge is 0.341 e. The molecule has 0 aliphatic carbocycles. The Labute approximate surface area is 110 Å². The number of carbonyl (C=O) groups excluding carboxylic acids is 1. The molecule has 0 atom stereocenters. The highest BCUT2D eigenvalue weighted by Crippen LogP contribution is 2.09. The van der Waals surface area contributed by atoms with Crippen LogP contribution >= 0.6 is 12.4 Å². The number of rotatable bonds is 5. The smallest absolute Gasteiger partial charge is 0.223 e. The van der Waals surface area contributed by atoms with Crippen molar-refractivity contribution in [1.29, 1.82) is 0 Å². The standard InChI is InChI=1S/C13H20N2O.ClH/c1-11-6-4-5-7-12(11)10-15(3)13(16)8-9-14-2;/h4-7,14H,8-10H2,1-3H3;1H. The van der Waals surface area contributed by atoms with Gasteiger partial charge in [0.1, 0.15) is 0 Å². The second kappa shape index (κ2) is 8.09. The van der Waals surface area contributed by atoms with Crippen LogP contribution in [0.4, 0.5) is 0 Å². The molecule has 0 fully saturated rings. The van der Waals surface area contributed by atoms with Crippen LogP contribution in [0.3, 0.4) is 0 Å². The Morgan fingerprint density at radius 1 is 1.35 bits per heavy atom. The molecule has 0 unspecified atom stereocenters. The molecule has 96 valence electrons. The van der Waals surface area contributed by atoms with Gasteiger partial charge in [0.05, 0.1) is 0 Å². The molecule has 0 saturated carbocycles. The van der Waals surface area contributed by atoms with Crippen molar-refractivity contribution in [3.05, 3.63) is 35.4 Å². The average molecular weight is 257 g/mol. The minimum atomic E-state index is 0. The summed E-state index contributed by atoms with van der Waals surface area (Å²) < 4.78 is 0. The Bertz CT molecular complexity index is 355. The maximum atomic E-state index is 11.7. The molecule has 1 amide bonds. The van der Waals surface area contributed by atoms with Crippen molar-refractivity contribution in [2.45, 2.75) is 19.9 Å². The summed E-state index contributed by atoms with van der Waals surface area (Å²) in [5, 5.41) is 2.98. The van der Waals surface area contributed by atoms with Gasteiger partial charge < -0.3 is 10.2 Å². The Hall–Kier alpha value is -1.06. The van der Waals surface area contributed by atoms with E-state index in [0.717, 1.165) is 6.54 Å². The van der Waals surface area contributed by atoms with Crippen LogP contribution in [-0.2, 0) is 11.3 Å². The van der Waals surface area contributed by atoms with Crippen LogP contribution in [0, 0.1) is 6.92 Å². The number of nitrogens with zero attached hydrogens (tertiary/aromatic N) is 1. The molecule has 4 heteroatoms. The number of halogens is 1. The van der Waals surface area contributed by atoms with E-state index in [1.54, 1.807) is 4.90 Å². The lowest BCUT2D eigenvalue weighted by Crippen LogP contribution is -2.28. The molecule has 0 heterocycles. The third-order valence-electron chi connectivity index (χ3n) is 2.68. The van der Waals surface area contributed by atoms with Crippen LogP contribution in [0.25, 0.3) is 0 Å². The van der Waals surface area contributed by atoms with E-state index in [1.165, 1.54) is 11.1 Å². The molecule has 0 aromatic heterocycles. The first-order valence-electron chi connectivity index (χ1n) is 5.58. The fourth-order valence-electron chi connectivity index (χ4n) is 1.55. The minimum absolute atomic E-state index is 0. The summed E-state index contributed by atoms with van der Waals surface area (Å²) in [6.07, 6.45) is 0.554. The zero-order valence-electron chi connectivity index (χ0n) is 10.7. The van der Waals surface area contributed by atoms with Crippen LogP contribution in [0.2, 0.25) is 0 Å². The second-order valence-corrected chi connectivity index (χ2v) is 4.03. The van der Waals surface area contributed by atoms with Crippen LogP contribution in [0.5, 0.6) is 0 Å². The van der Waals surface area contributed by atoms with Gasteiger partial charge >= 0.3 is 0 Å². The number of aryl methyl sites for hydroxylation is 1. The molecule has 0 aliphatic heterocycles. The summed E-state index contributed by atoms with van der Waals surface area (Å²) >= 11 is 0. The lowest BCUT2D eigenvalue weighted by molar-refractivity contribution is -0.130. The van der Waals surface area contributed by atoms with Crippen molar-refractivity contribution in [1.82, 2.24) is 10.2 Å². The van der Waals surface area contributed by atoms with Gasteiger partial charge in [-0.15, -0.1) is 12.4 Å².